The van der Waals surface area contributed by atoms with Gasteiger partial charge < -0.3 is 15.4 Å². The van der Waals surface area contributed by atoms with E-state index in [0.717, 1.165) is 70.3 Å². The zero-order valence-electron chi connectivity index (χ0n) is 17.1. The molecule has 1 saturated heterocycles. The van der Waals surface area contributed by atoms with Crippen LogP contribution in [0.15, 0.2) is 18.2 Å². The highest BCUT2D eigenvalue weighted by molar-refractivity contribution is 5.94. The number of halogens is 1. The van der Waals surface area contributed by atoms with Crippen molar-refractivity contribution in [3.05, 3.63) is 29.3 Å². The van der Waals surface area contributed by atoms with E-state index >= 15 is 0 Å². The van der Waals surface area contributed by atoms with Gasteiger partial charge >= 0.3 is 12.0 Å². The van der Waals surface area contributed by atoms with Gasteiger partial charge in [0.05, 0.1) is 13.0 Å². The van der Waals surface area contributed by atoms with Gasteiger partial charge in [0, 0.05) is 24.8 Å². The smallest absolute Gasteiger partial charge is 0.324 e. The van der Waals surface area contributed by atoms with E-state index < -0.39 is 0 Å². The third kappa shape index (κ3) is 4.38. The Morgan fingerprint density at radius 1 is 1.14 bits per heavy atom. The van der Waals surface area contributed by atoms with Crippen LogP contribution in [0.1, 0.15) is 43.2 Å². The molecule has 0 spiro atoms. The van der Waals surface area contributed by atoms with Gasteiger partial charge in [-0.3, -0.25) is 9.69 Å². The zero-order chi connectivity index (χ0) is 19.7. The summed E-state index contributed by atoms with van der Waals surface area (Å²) in [6.07, 6.45) is 6.61. The summed E-state index contributed by atoms with van der Waals surface area (Å²) in [6, 6.07) is 6.83. The summed E-state index contributed by atoms with van der Waals surface area (Å²) in [5.41, 5.74) is 9.61. The molecule has 29 heavy (non-hydrogen) atoms. The molecule has 0 radical (unpaired) electrons. The van der Waals surface area contributed by atoms with Crippen molar-refractivity contribution in [1.29, 1.82) is 0 Å². The van der Waals surface area contributed by atoms with Crippen LogP contribution in [0.5, 0.6) is 0 Å². The third-order valence-corrected chi connectivity index (χ3v) is 6.88. The van der Waals surface area contributed by atoms with Crippen molar-refractivity contribution in [3.8, 4) is 0 Å². The lowest BCUT2D eigenvalue weighted by Gasteiger charge is -2.33. The monoisotopic (exact) mass is 421 g/mol. The molecule has 1 aromatic rings. The molecule has 160 valence electrons. The fraction of sp³-hybridized carbons (Fsp3) is 0.636. The van der Waals surface area contributed by atoms with E-state index in [2.05, 4.69) is 18.2 Å². The second kappa shape index (κ2) is 9.35. The molecule has 2 amide bonds. The molecule has 2 N–H and O–H groups in total. The number of fused-ring (bicyclic) bond motifs is 1. The van der Waals surface area contributed by atoms with E-state index in [1.807, 2.05) is 9.80 Å². The van der Waals surface area contributed by atoms with Crippen molar-refractivity contribution in [2.24, 2.45) is 17.6 Å². The predicted molar refractivity (Wildman–Crippen MR) is 115 cm³/mol. The minimum absolute atomic E-state index is 0. The van der Waals surface area contributed by atoms with Gasteiger partial charge in [-0.2, -0.15) is 0 Å². The number of amides is 2. The molecule has 1 unspecified atom stereocenters. The standard InChI is InChI=1S/C22H31N3O3.ClH/c1-28-21(26)16-4-7-19(8-5-16)24-10-11-25(22(24)27)20-9-6-17-12-15(14-23)2-3-18(17)13-20;/h6,9,13,15-16,19H,2-5,7-8,10-12,14,23H2,1H3;1H/t15?,16-,19-;. The summed E-state index contributed by atoms with van der Waals surface area (Å²) in [5.74, 6) is 0.467. The van der Waals surface area contributed by atoms with Crippen molar-refractivity contribution in [3.63, 3.8) is 0 Å². The van der Waals surface area contributed by atoms with Gasteiger partial charge in [0.25, 0.3) is 0 Å². The summed E-state index contributed by atoms with van der Waals surface area (Å²) in [4.78, 5) is 28.8. The molecule has 3 aliphatic rings. The lowest BCUT2D eigenvalue weighted by atomic mass is 9.84. The molecule has 0 bridgehead atoms. The number of rotatable bonds is 4. The first-order chi connectivity index (χ1) is 13.6. The Labute approximate surface area is 179 Å². The van der Waals surface area contributed by atoms with Crippen LogP contribution in [0, 0.1) is 11.8 Å². The zero-order valence-corrected chi connectivity index (χ0v) is 18.0. The van der Waals surface area contributed by atoms with Crippen LogP contribution in [-0.4, -0.2) is 49.7 Å². The predicted octanol–water partition coefficient (Wildman–Crippen LogP) is 3.15. The second-order valence-corrected chi connectivity index (χ2v) is 8.45. The molecule has 2 fully saturated rings. The molecule has 7 heteroatoms. The quantitative estimate of drug-likeness (QED) is 0.757. The van der Waals surface area contributed by atoms with Crippen LogP contribution < -0.4 is 10.6 Å². The van der Waals surface area contributed by atoms with Crippen LogP contribution in [-0.2, 0) is 22.4 Å². The van der Waals surface area contributed by atoms with Crippen molar-refractivity contribution >= 4 is 30.1 Å². The van der Waals surface area contributed by atoms with E-state index in [1.54, 1.807) is 0 Å². The molecular formula is C22H32ClN3O3. The summed E-state index contributed by atoms with van der Waals surface area (Å²) in [7, 11) is 1.45. The Kier molecular flexibility index (Phi) is 7.06. The molecule has 1 heterocycles. The second-order valence-electron chi connectivity index (χ2n) is 8.45. The Balaban J connectivity index is 0.00000240. The first-order valence-electron chi connectivity index (χ1n) is 10.6. The van der Waals surface area contributed by atoms with Gasteiger partial charge in [0.15, 0.2) is 0 Å². The molecule has 4 rings (SSSR count). The van der Waals surface area contributed by atoms with E-state index in [1.165, 1.54) is 18.2 Å². The molecule has 6 nitrogen and oxygen atoms in total. The Morgan fingerprint density at radius 3 is 2.59 bits per heavy atom. The molecular weight excluding hydrogens is 390 g/mol. The maximum absolute atomic E-state index is 13.1. The number of urea groups is 1. The average molecular weight is 422 g/mol. The lowest BCUT2D eigenvalue weighted by Crippen LogP contribution is -2.42. The number of hydrogen-bond acceptors (Lipinski definition) is 4. The van der Waals surface area contributed by atoms with Crippen LogP contribution in [0.25, 0.3) is 0 Å². The molecule has 1 atom stereocenters. The number of hydrogen-bond donors (Lipinski definition) is 1. The third-order valence-electron chi connectivity index (χ3n) is 6.88. The van der Waals surface area contributed by atoms with Crippen LogP contribution in [0.3, 0.4) is 0 Å². The maximum Gasteiger partial charge on any atom is 0.324 e. The Hall–Kier alpha value is -1.79. The molecule has 0 aromatic heterocycles. The largest absolute Gasteiger partial charge is 0.469 e. The molecule has 1 saturated carbocycles. The van der Waals surface area contributed by atoms with Crippen LogP contribution in [0.2, 0.25) is 0 Å². The average Bonchev–Trinajstić information content (AvgIpc) is 3.13. The van der Waals surface area contributed by atoms with Gasteiger partial charge in [-0.15, -0.1) is 12.4 Å². The van der Waals surface area contributed by atoms with Crippen molar-refractivity contribution < 1.29 is 14.3 Å². The summed E-state index contributed by atoms with van der Waals surface area (Å²) >= 11 is 0. The van der Waals surface area contributed by atoms with Crippen LogP contribution in [0.4, 0.5) is 10.5 Å². The molecule has 2 aliphatic carbocycles. The highest BCUT2D eigenvalue weighted by Gasteiger charge is 2.37. The number of aryl methyl sites for hydroxylation is 1. The molecule has 1 aliphatic heterocycles. The van der Waals surface area contributed by atoms with E-state index in [0.29, 0.717) is 5.92 Å². The molecule has 1 aromatic carbocycles. The number of ether oxygens (including phenoxy) is 1. The number of benzene rings is 1. The highest BCUT2D eigenvalue weighted by atomic mass is 35.5. The van der Waals surface area contributed by atoms with E-state index in [9.17, 15) is 9.59 Å². The van der Waals surface area contributed by atoms with Crippen LogP contribution >= 0.6 is 12.4 Å². The van der Waals surface area contributed by atoms with Gasteiger partial charge in [0.1, 0.15) is 0 Å². The van der Waals surface area contributed by atoms with E-state index in [4.69, 9.17) is 10.5 Å². The van der Waals surface area contributed by atoms with Gasteiger partial charge in [-0.25, -0.2) is 4.79 Å². The fourth-order valence-corrected chi connectivity index (χ4v) is 5.11. The number of carbonyl (C=O) groups is 2. The van der Waals surface area contributed by atoms with Crippen molar-refractivity contribution in [2.45, 2.75) is 51.0 Å². The number of nitrogens with two attached hydrogens (primary N) is 1. The summed E-state index contributed by atoms with van der Waals surface area (Å²) in [6.45, 7) is 2.25. The topological polar surface area (TPSA) is 75.9 Å². The van der Waals surface area contributed by atoms with Crippen molar-refractivity contribution in [1.82, 2.24) is 4.90 Å². The van der Waals surface area contributed by atoms with Crippen molar-refractivity contribution in [2.75, 3.05) is 31.6 Å². The number of carbonyl (C=O) groups excluding carboxylic acids is 2. The minimum atomic E-state index is -0.112. The lowest BCUT2D eigenvalue weighted by molar-refractivity contribution is -0.146. The minimum Gasteiger partial charge on any atom is -0.469 e. The SMILES string of the molecule is COC(=O)[C@H]1CC[C@H](N2CCN(c3ccc4c(c3)CCC(CN)C4)C2=O)CC1.Cl. The highest BCUT2D eigenvalue weighted by Crippen LogP contribution is 2.33. The van der Waals surface area contributed by atoms with Gasteiger partial charge in [-0.1, -0.05) is 6.07 Å². The first-order valence-corrected chi connectivity index (χ1v) is 10.6. The Bertz CT molecular complexity index is 749. The summed E-state index contributed by atoms with van der Waals surface area (Å²) in [5, 5.41) is 0. The van der Waals surface area contributed by atoms with E-state index in [-0.39, 0.29) is 36.4 Å². The van der Waals surface area contributed by atoms with Gasteiger partial charge in [-0.05, 0) is 80.7 Å². The Morgan fingerprint density at radius 2 is 1.90 bits per heavy atom. The summed E-state index contributed by atoms with van der Waals surface area (Å²) < 4.78 is 4.87. The normalized spacial score (nSPS) is 26.7. The first kappa shape index (κ1) is 21.9. The maximum atomic E-state index is 13.1. The number of nitrogens with zero attached hydrogens (tertiary/aromatic N) is 2. The van der Waals surface area contributed by atoms with Gasteiger partial charge in [0.2, 0.25) is 0 Å². The number of methoxy groups -OCH3 is 1. The number of anilines is 1. The fourth-order valence-electron chi connectivity index (χ4n) is 5.11. The number of esters is 1.